The van der Waals surface area contributed by atoms with E-state index in [0.717, 1.165) is 4.70 Å². The van der Waals surface area contributed by atoms with Gasteiger partial charge in [0.2, 0.25) is 0 Å². The van der Waals surface area contributed by atoms with Crippen LogP contribution in [0.25, 0.3) is 20.2 Å². The first-order valence-electron chi connectivity index (χ1n) is 16.1. The molecule has 1 aromatic heterocycles. The second kappa shape index (κ2) is 17.7. The zero-order valence-electron chi connectivity index (χ0n) is 28.6. The number of nitrogens with zero attached hydrogens (tertiary/aromatic N) is 2. The smallest absolute Gasteiger partial charge is 0.265 e. The van der Waals surface area contributed by atoms with Crippen LogP contribution in [-0.4, -0.2) is 143 Å². The molecule has 0 bridgehead atoms. The van der Waals surface area contributed by atoms with E-state index in [9.17, 15) is 31.8 Å². The highest BCUT2D eigenvalue weighted by atomic mass is 32.2. The number of ether oxygens (including phenoxy) is 2. The Morgan fingerprint density at radius 3 is 1.98 bits per heavy atom. The fourth-order valence-electron chi connectivity index (χ4n) is 5.43. The van der Waals surface area contributed by atoms with Gasteiger partial charge in [-0.3, -0.25) is 19.2 Å². The number of benzene rings is 2. The number of quaternary nitrogens is 2. The normalized spacial score (nSPS) is 14.3. The predicted molar refractivity (Wildman–Crippen MR) is 192 cm³/mol. The summed E-state index contributed by atoms with van der Waals surface area (Å²) in [6.07, 6.45) is 0.0419. The summed E-state index contributed by atoms with van der Waals surface area (Å²) in [5, 5.41) is 25.3. The van der Waals surface area contributed by atoms with Crippen LogP contribution in [0.4, 0.5) is 0 Å². The zero-order chi connectivity index (χ0) is 36.5. The van der Waals surface area contributed by atoms with Crippen LogP contribution >= 0.6 is 11.3 Å². The van der Waals surface area contributed by atoms with Crippen molar-refractivity contribution >= 4 is 51.7 Å². The van der Waals surface area contributed by atoms with Crippen LogP contribution in [-0.2, 0) is 20.2 Å². The highest BCUT2D eigenvalue weighted by Crippen LogP contribution is 2.37. The Balaban J connectivity index is 1.63. The maximum atomic E-state index is 13.7. The fourth-order valence-corrected chi connectivity index (χ4v) is 7.58. The lowest BCUT2D eigenvalue weighted by Crippen LogP contribution is -2.49. The molecule has 17 heteroatoms. The Morgan fingerprint density at radius 2 is 1.33 bits per heavy atom. The average Bonchev–Trinajstić information content (AvgIpc) is 2.97. The van der Waals surface area contributed by atoms with E-state index in [1.807, 2.05) is 40.3 Å². The summed E-state index contributed by atoms with van der Waals surface area (Å²) < 4.78 is 76.2. The first-order chi connectivity index (χ1) is 22.8. The Kier molecular flexibility index (Phi) is 14.8. The van der Waals surface area contributed by atoms with Gasteiger partial charge in [0.05, 0.1) is 75.5 Å². The number of rotatable bonds is 22. The SMILES string of the molecule is C[N+](C)(CCCC(O)COc1ccc(OCC(O)CNC[N+](C)(C)CCCS(=O)(=O)O)c2c(=O)c3ccccc3sc12)CCCS(=O)(=O)O. The van der Waals surface area contributed by atoms with Gasteiger partial charge < -0.3 is 28.7 Å². The van der Waals surface area contributed by atoms with Crippen molar-refractivity contribution < 1.29 is 54.6 Å². The van der Waals surface area contributed by atoms with Crippen LogP contribution in [0.15, 0.2) is 41.2 Å². The summed E-state index contributed by atoms with van der Waals surface area (Å²) in [7, 11) is -0.288. The number of aliphatic hydroxyl groups is 2. The summed E-state index contributed by atoms with van der Waals surface area (Å²) in [6, 6.07) is 10.5. The summed E-state index contributed by atoms with van der Waals surface area (Å²) in [4.78, 5) is 13.7. The van der Waals surface area contributed by atoms with Crippen molar-refractivity contribution in [2.24, 2.45) is 0 Å². The molecule has 3 aromatic rings. The minimum Gasteiger partial charge on any atom is -0.490 e. The molecule has 0 spiro atoms. The van der Waals surface area contributed by atoms with Gasteiger partial charge in [0.15, 0.2) is 5.43 Å². The molecule has 2 aromatic carbocycles. The molecule has 0 aliphatic rings. The maximum absolute atomic E-state index is 13.7. The highest BCUT2D eigenvalue weighted by molar-refractivity contribution is 7.86. The molecule has 2 atom stereocenters. The van der Waals surface area contributed by atoms with Crippen molar-refractivity contribution in [3.63, 3.8) is 0 Å². The minimum absolute atomic E-state index is 0.00568. The molecule has 0 radical (unpaired) electrons. The van der Waals surface area contributed by atoms with E-state index in [4.69, 9.17) is 18.6 Å². The van der Waals surface area contributed by atoms with E-state index in [1.165, 1.54) is 11.3 Å². The van der Waals surface area contributed by atoms with Crippen LogP contribution in [0.1, 0.15) is 25.7 Å². The average molecular weight is 750 g/mol. The number of fused-ring (bicyclic) bond motifs is 2. The van der Waals surface area contributed by atoms with E-state index in [-0.39, 0.29) is 36.7 Å². The maximum Gasteiger partial charge on any atom is 0.265 e. The third kappa shape index (κ3) is 14.4. The highest BCUT2D eigenvalue weighted by Gasteiger charge is 2.21. The molecule has 0 saturated carbocycles. The Labute approximate surface area is 292 Å². The molecule has 1 heterocycles. The molecule has 2 unspecified atom stereocenters. The van der Waals surface area contributed by atoms with Crippen molar-refractivity contribution in [2.45, 2.75) is 37.9 Å². The monoisotopic (exact) mass is 749 g/mol. The van der Waals surface area contributed by atoms with Gasteiger partial charge in [0.25, 0.3) is 20.2 Å². The van der Waals surface area contributed by atoms with Gasteiger partial charge in [0.1, 0.15) is 37.5 Å². The van der Waals surface area contributed by atoms with Crippen LogP contribution in [0.2, 0.25) is 0 Å². The molecule has 0 aliphatic carbocycles. The molecule has 0 amide bonds. The summed E-state index contributed by atoms with van der Waals surface area (Å²) >= 11 is 1.37. The van der Waals surface area contributed by atoms with Gasteiger partial charge in [-0.25, -0.2) is 0 Å². The predicted octanol–water partition coefficient (Wildman–Crippen LogP) is 1.93. The molecular weight excluding hydrogens is 699 g/mol. The Hall–Kier alpha value is -2.45. The Bertz CT molecular complexity index is 1810. The topological polar surface area (TPSA) is 197 Å². The van der Waals surface area contributed by atoms with Gasteiger partial charge in [0, 0.05) is 29.5 Å². The van der Waals surface area contributed by atoms with Crippen LogP contribution in [0, 0.1) is 0 Å². The quantitative estimate of drug-likeness (QED) is 0.0434. The fraction of sp³-hybridized carbons (Fsp3) is 0.594. The Morgan fingerprint density at radius 1 is 0.776 bits per heavy atom. The molecular formula is C32H51N3O11S3+2. The zero-order valence-corrected chi connectivity index (χ0v) is 31.0. The lowest BCUT2D eigenvalue weighted by atomic mass is 10.1. The second-order valence-corrected chi connectivity index (χ2v) is 17.9. The standard InChI is InChI=1S/C32H49N3O11S3/c1-34(2,16-8-18-48(39,40)41)15-7-10-24(36)21-46-28-14-13-27(30-31(38)26-11-5-6-12-29(26)47-32(28)30)45-22-25(37)20-33-23-35(3,4)17-9-19-49(42,43)44/h5-6,11-14,24-25,33,36-37H,7-10,15-23H2,1-4H3/p+2. The first kappa shape index (κ1) is 41.0. The van der Waals surface area contributed by atoms with E-state index in [2.05, 4.69) is 5.32 Å². The van der Waals surface area contributed by atoms with Crippen LogP contribution in [0.3, 0.4) is 0 Å². The summed E-state index contributed by atoms with van der Waals surface area (Å²) in [5.74, 6) is 0.118. The molecule has 5 N–H and O–H groups in total. The molecule has 0 fully saturated rings. The van der Waals surface area contributed by atoms with E-state index < -0.39 is 32.4 Å². The van der Waals surface area contributed by atoms with E-state index in [1.54, 1.807) is 24.3 Å². The van der Waals surface area contributed by atoms with Gasteiger partial charge in [-0.05, 0) is 37.1 Å². The number of hydrogen-bond donors (Lipinski definition) is 5. The van der Waals surface area contributed by atoms with Crippen molar-refractivity contribution in [3.8, 4) is 11.5 Å². The molecule has 14 nitrogen and oxygen atoms in total. The summed E-state index contributed by atoms with van der Waals surface area (Å²) in [6.45, 7) is 2.28. The largest absolute Gasteiger partial charge is 0.490 e. The third-order valence-electron chi connectivity index (χ3n) is 8.07. The molecule has 3 rings (SSSR count). The number of nitrogens with one attached hydrogen (secondary N) is 1. The molecule has 276 valence electrons. The molecule has 0 saturated heterocycles. The van der Waals surface area contributed by atoms with Crippen LogP contribution in [0.5, 0.6) is 11.5 Å². The lowest BCUT2D eigenvalue weighted by Gasteiger charge is -2.30. The van der Waals surface area contributed by atoms with Gasteiger partial charge >= 0.3 is 0 Å². The van der Waals surface area contributed by atoms with E-state index in [0.29, 0.717) is 87.9 Å². The van der Waals surface area contributed by atoms with Gasteiger partial charge in [-0.15, -0.1) is 11.3 Å². The van der Waals surface area contributed by atoms with Gasteiger partial charge in [-0.1, -0.05) is 12.1 Å². The van der Waals surface area contributed by atoms with E-state index >= 15 is 0 Å². The lowest BCUT2D eigenvalue weighted by molar-refractivity contribution is -0.893. The summed E-state index contributed by atoms with van der Waals surface area (Å²) in [5.41, 5.74) is -0.240. The molecule has 49 heavy (non-hydrogen) atoms. The van der Waals surface area contributed by atoms with Crippen molar-refractivity contribution in [1.29, 1.82) is 0 Å². The van der Waals surface area contributed by atoms with Gasteiger partial charge in [-0.2, -0.15) is 16.8 Å². The third-order valence-corrected chi connectivity index (χ3v) is 10.9. The minimum atomic E-state index is -4.02. The van der Waals surface area contributed by atoms with Crippen LogP contribution < -0.4 is 20.2 Å². The number of aliphatic hydroxyl groups excluding tert-OH is 2. The molecule has 0 aliphatic heterocycles. The van der Waals surface area contributed by atoms with Crippen molar-refractivity contribution in [2.75, 3.05) is 85.8 Å². The van der Waals surface area contributed by atoms with Crippen molar-refractivity contribution in [1.82, 2.24) is 5.32 Å². The number of hydrogen-bond acceptors (Lipinski definition) is 11. The van der Waals surface area contributed by atoms with Crippen molar-refractivity contribution in [3.05, 3.63) is 46.6 Å². The first-order valence-corrected chi connectivity index (χ1v) is 20.1. The second-order valence-electron chi connectivity index (χ2n) is 13.7.